The number of ether oxygens (including phenoxy) is 1. The quantitative estimate of drug-likeness (QED) is 0.199. The van der Waals surface area contributed by atoms with E-state index in [0.29, 0.717) is 10.7 Å². The molecule has 0 radical (unpaired) electrons. The van der Waals surface area contributed by atoms with E-state index in [1.807, 2.05) is 0 Å². The van der Waals surface area contributed by atoms with E-state index in [9.17, 15) is 25.3 Å². The first-order chi connectivity index (χ1) is 7.17. The van der Waals surface area contributed by atoms with Crippen molar-refractivity contribution in [3.63, 3.8) is 0 Å². The third kappa shape index (κ3) is 11.5. The van der Waals surface area contributed by atoms with Crippen molar-refractivity contribution in [2.45, 2.75) is 13.3 Å². The fourth-order valence-corrected chi connectivity index (χ4v) is 1.92. The first-order valence-corrected chi connectivity index (χ1v) is 7.29. The summed E-state index contributed by atoms with van der Waals surface area (Å²) >= 11 is 0. The standard InChI is InChI=1S/C6H14FNO6S2.Na/c1-2-3-8(16(7,12)13)4-5-14-6-15(9,10)11;/h2-6H2,1H3,(H,9,10,11);/q;+1/p-1. The Morgan fingerprint density at radius 2 is 1.76 bits per heavy atom. The average Bonchev–Trinajstić information content (AvgIpc) is 2.06. The molecular formula is C6H13FNNaO6S2. The Bertz CT molecular complexity index is 397. The first-order valence-electron chi connectivity index (χ1n) is 4.38. The van der Waals surface area contributed by atoms with Crippen LogP contribution in [0.1, 0.15) is 13.3 Å². The monoisotopic (exact) mass is 301 g/mol. The molecule has 0 N–H and O–H groups in total. The average molecular weight is 301 g/mol. The summed E-state index contributed by atoms with van der Waals surface area (Å²) < 4.78 is 68.9. The van der Waals surface area contributed by atoms with Crippen LogP contribution in [0, 0.1) is 0 Å². The number of nitrogens with zero attached hydrogens (tertiary/aromatic N) is 1. The molecule has 0 aliphatic carbocycles. The Kier molecular flexibility index (Phi) is 10.3. The molecule has 0 bridgehead atoms. The topological polar surface area (TPSA) is 104 Å². The van der Waals surface area contributed by atoms with Gasteiger partial charge in [-0.05, 0) is 6.42 Å². The summed E-state index contributed by atoms with van der Waals surface area (Å²) in [5.74, 6) is -1.06. The maximum atomic E-state index is 12.6. The van der Waals surface area contributed by atoms with E-state index in [4.69, 9.17) is 0 Å². The minimum Gasteiger partial charge on any atom is -0.746 e. The third-order valence-electron chi connectivity index (χ3n) is 1.49. The predicted octanol–water partition coefficient (Wildman–Crippen LogP) is -3.56. The summed E-state index contributed by atoms with van der Waals surface area (Å²) in [6.45, 7) is 0.931. The van der Waals surface area contributed by atoms with Crippen LogP contribution >= 0.6 is 0 Å². The van der Waals surface area contributed by atoms with Crippen molar-refractivity contribution in [2.24, 2.45) is 0 Å². The van der Waals surface area contributed by atoms with Gasteiger partial charge in [0.15, 0.2) is 0 Å². The van der Waals surface area contributed by atoms with Crippen molar-refractivity contribution < 1.29 is 59.6 Å². The maximum Gasteiger partial charge on any atom is 1.00 e. The predicted molar refractivity (Wildman–Crippen MR) is 52.4 cm³/mol. The van der Waals surface area contributed by atoms with Crippen LogP contribution in [0.5, 0.6) is 0 Å². The minimum absolute atomic E-state index is 0. The van der Waals surface area contributed by atoms with Crippen molar-refractivity contribution in [1.82, 2.24) is 4.31 Å². The van der Waals surface area contributed by atoms with E-state index in [-0.39, 0.29) is 49.3 Å². The van der Waals surface area contributed by atoms with Gasteiger partial charge in [0.05, 0.1) is 6.61 Å². The normalized spacial score (nSPS) is 12.5. The zero-order chi connectivity index (χ0) is 12.8. The molecule has 0 unspecified atom stereocenters. The molecule has 17 heavy (non-hydrogen) atoms. The van der Waals surface area contributed by atoms with Crippen LogP contribution in [0.3, 0.4) is 0 Å². The van der Waals surface area contributed by atoms with Crippen LogP contribution in [-0.4, -0.2) is 51.3 Å². The maximum absolute atomic E-state index is 12.6. The summed E-state index contributed by atoms with van der Waals surface area (Å²) in [6, 6.07) is 0. The smallest absolute Gasteiger partial charge is 0.746 e. The number of hydrogen-bond acceptors (Lipinski definition) is 6. The van der Waals surface area contributed by atoms with Gasteiger partial charge in [0.25, 0.3) is 0 Å². The van der Waals surface area contributed by atoms with Crippen molar-refractivity contribution >= 4 is 20.5 Å². The Morgan fingerprint density at radius 3 is 2.12 bits per heavy atom. The van der Waals surface area contributed by atoms with Crippen LogP contribution in [0.4, 0.5) is 3.89 Å². The van der Waals surface area contributed by atoms with Crippen molar-refractivity contribution in [3.05, 3.63) is 0 Å². The summed E-state index contributed by atoms with van der Waals surface area (Å²) in [5.41, 5.74) is 0. The van der Waals surface area contributed by atoms with Gasteiger partial charge in [-0.2, -0.15) is 12.7 Å². The van der Waals surface area contributed by atoms with Gasteiger partial charge in [-0.25, -0.2) is 8.42 Å². The zero-order valence-corrected chi connectivity index (χ0v) is 13.3. The van der Waals surface area contributed by atoms with Crippen LogP contribution in [-0.2, 0) is 25.3 Å². The van der Waals surface area contributed by atoms with Gasteiger partial charge in [-0.1, -0.05) is 10.8 Å². The van der Waals surface area contributed by atoms with Crippen molar-refractivity contribution in [3.8, 4) is 0 Å². The molecule has 0 amide bonds. The molecule has 0 aliphatic heterocycles. The van der Waals surface area contributed by atoms with Gasteiger partial charge in [0.1, 0.15) is 16.1 Å². The second kappa shape index (κ2) is 8.75. The molecule has 0 aromatic heterocycles. The fourth-order valence-electron chi connectivity index (χ4n) is 0.907. The van der Waals surface area contributed by atoms with Gasteiger partial charge >= 0.3 is 40.0 Å². The van der Waals surface area contributed by atoms with E-state index >= 15 is 0 Å². The fraction of sp³-hybridized carbons (Fsp3) is 1.00. The van der Waals surface area contributed by atoms with E-state index in [1.54, 1.807) is 6.92 Å². The third-order valence-corrected chi connectivity index (χ3v) is 2.93. The summed E-state index contributed by atoms with van der Waals surface area (Å²) in [5, 5.41) is 0. The van der Waals surface area contributed by atoms with Crippen LogP contribution in [0.15, 0.2) is 0 Å². The molecule has 0 aliphatic rings. The molecular weight excluding hydrogens is 288 g/mol. The molecule has 0 saturated heterocycles. The largest absolute Gasteiger partial charge is 1.00 e. The van der Waals surface area contributed by atoms with Crippen molar-refractivity contribution in [1.29, 1.82) is 0 Å². The molecule has 0 atom stereocenters. The molecule has 0 fully saturated rings. The molecule has 0 saturated carbocycles. The summed E-state index contributed by atoms with van der Waals surface area (Å²) in [7, 11) is -9.32. The Hall–Kier alpha value is 0.710. The molecule has 0 spiro atoms. The van der Waals surface area contributed by atoms with Gasteiger partial charge in [-0.15, -0.1) is 0 Å². The summed E-state index contributed by atoms with van der Waals surface area (Å²) in [4.78, 5) is 0. The molecule has 0 heterocycles. The number of hydrogen-bond donors (Lipinski definition) is 0. The van der Waals surface area contributed by atoms with Gasteiger partial charge < -0.3 is 9.29 Å². The molecule has 0 rings (SSSR count). The van der Waals surface area contributed by atoms with Gasteiger partial charge in [0.2, 0.25) is 0 Å². The van der Waals surface area contributed by atoms with E-state index in [2.05, 4.69) is 4.74 Å². The molecule has 11 heteroatoms. The molecule has 0 aromatic rings. The minimum atomic E-state index is -4.82. The van der Waals surface area contributed by atoms with E-state index < -0.39 is 26.5 Å². The number of rotatable bonds is 8. The molecule has 98 valence electrons. The zero-order valence-electron chi connectivity index (χ0n) is 9.63. The second-order valence-electron chi connectivity index (χ2n) is 2.92. The van der Waals surface area contributed by atoms with Crippen LogP contribution in [0.25, 0.3) is 0 Å². The Balaban J connectivity index is 0. The molecule has 0 aromatic carbocycles. The Morgan fingerprint density at radius 1 is 1.24 bits per heavy atom. The molecule has 7 nitrogen and oxygen atoms in total. The van der Waals surface area contributed by atoms with E-state index in [0.717, 1.165) is 0 Å². The first kappa shape index (κ1) is 20.0. The SMILES string of the molecule is CCCN(CCOCS(=O)(=O)[O-])S(=O)(=O)F.[Na+]. The van der Waals surface area contributed by atoms with Crippen LogP contribution in [0.2, 0.25) is 0 Å². The van der Waals surface area contributed by atoms with Crippen LogP contribution < -0.4 is 29.6 Å². The Labute approximate surface area is 123 Å². The van der Waals surface area contributed by atoms with Crippen molar-refractivity contribution in [2.75, 3.05) is 25.6 Å². The second-order valence-corrected chi connectivity index (χ2v) is 5.62. The summed E-state index contributed by atoms with van der Waals surface area (Å²) in [6.07, 6.45) is 0.406. The van der Waals surface area contributed by atoms with E-state index in [1.165, 1.54) is 0 Å². The van der Waals surface area contributed by atoms with Gasteiger partial charge in [-0.3, -0.25) is 0 Å². The van der Waals surface area contributed by atoms with Gasteiger partial charge in [0, 0.05) is 13.1 Å². The number of halogens is 1.